The molecule has 0 aliphatic carbocycles. The largest absolute Gasteiger partial charge is 0.316 e. The zero-order valence-electron chi connectivity index (χ0n) is 28.8. The first-order valence-corrected chi connectivity index (χ1v) is 18.9. The second kappa shape index (κ2) is 11.9. The first-order valence-electron chi connectivity index (χ1n) is 18.1. The first-order chi connectivity index (χ1) is 26.3. The van der Waals surface area contributed by atoms with Crippen LogP contribution in [0.25, 0.3) is 97.6 Å². The van der Waals surface area contributed by atoms with Gasteiger partial charge >= 0.3 is 0 Å². The van der Waals surface area contributed by atoms with Gasteiger partial charge < -0.3 is 9.13 Å². The molecule has 2 nitrogen and oxygen atoms in total. The maximum Gasteiger partial charge on any atom is 0.0635 e. The van der Waals surface area contributed by atoms with Gasteiger partial charge in [-0.05, 0) is 88.0 Å². The number of hydrogen-bond acceptors (Lipinski definition) is 1. The van der Waals surface area contributed by atoms with Crippen LogP contribution in [0.2, 0.25) is 0 Å². The standard InChI is InChI=1S/C50H32N2S/c1-3-12-33(13-4-1)36-30-37(34-14-5-2-6-15-34)32-39(31-36)51-29-28-45-46(51)27-26-43-41-16-7-9-20-47(41)52(49(43)45)38-24-22-35(23-25-38)40-18-11-19-44-42-17-8-10-21-48(42)53-50(40)44/h1-32H. The van der Waals surface area contributed by atoms with Crippen molar-refractivity contribution in [1.29, 1.82) is 0 Å². The third-order valence-corrected chi connectivity index (χ3v) is 12.0. The van der Waals surface area contributed by atoms with Crippen molar-refractivity contribution in [2.45, 2.75) is 0 Å². The SMILES string of the molecule is c1ccc(-c2cc(-c3ccccc3)cc(-n3ccc4c3ccc3c5ccccc5n(-c5ccc(-c6cccc7c6sc6ccccc67)cc5)c34)c2)cc1. The highest BCUT2D eigenvalue weighted by Gasteiger charge is 2.18. The van der Waals surface area contributed by atoms with Crippen molar-refractivity contribution in [3.05, 3.63) is 194 Å². The van der Waals surface area contributed by atoms with E-state index >= 15 is 0 Å². The van der Waals surface area contributed by atoms with Crippen LogP contribution in [0.1, 0.15) is 0 Å². The van der Waals surface area contributed by atoms with Gasteiger partial charge in [0.05, 0.1) is 16.6 Å². The molecule has 0 unspecified atom stereocenters. The predicted molar refractivity (Wildman–Crippen MR) is 227 cm³/mol. The van der Waals surface area contributed by atoms with Gasteiger partial charge in [0, 0.05) is 53.9 Å². The Morgan fingerprint density at radius 2 is 1.02 bits per heavy atom. The lowest BCUT2D eigenvalue weighted by molar-refractivity contribution is 1.13. The van der Waals surface area contributed by atoms with Crippen molar-refractivity contribution in [3.8, 4) is 44.8 Å². The van der Waals surface area contributed by atoms with Crippen molar-refractivity contribution in [2.24, 2.45) is 0 Å². The van der Waals surface area contributed by atoms with Crippen LogP contribution in [0.15, 0.2) is 194 Å². The van der Waals surface area contributed by atoms with Gasteiger partial charge in [-0.15, -0.1) is 11.3 Å². The summed E-state index contributed by atoms with van der Waals surface area (Å²) in [5.74, 6) is 0. The summed E-state index contributed by atoms with van der Waals surface area (Å²) in [6, 6.07) is 68.6. The van der Waals surface area contributed by atoms with Crippen LogP contribution in [0, 0.1) is 0 Å². The third kappa shape index (κ3) is 4.78. The maximum absolute atomic E-state index is 2.46. The van der Waals surface area contributed by atoms with Crippen LogP contribution in [-0.4, -0.2) is 9.13 Å². The van der Waals surface area contributed by atoms with Gasteiger partial charge in [0.2, 0.25) is 0 Å². The fourth-order valence-corrected chi connectivity index (χ4v) is 9.52. The summed E-state index contributed by atoms with van der Waals surface area (Å²) in [5.41, 5.74) is 13.2. The van der Waals surface area contributed by atoms with E-state index < -0.39 is 0 Å². The van der Waals surface area contributed by atoms with E-state index in [1.807, 2.05) is 11.3 Å². The van der Waals surface area contributed by atoms with E-state index in [-0.39, 0.29) is 0 Å². The third-order valence-electron chi connectivity index (χ3n) is 10.8. The molecule has 0 radical (unpaired) electrons. The van der Waals surface area contributed by atoms with Gasteiger partial charge in [0.25, 0.3) is 0 Å². The van der Waals surface area contributed by atoms with Crippen LogP contribution in [0.4, 0.5) is 0 Å². The van der Waals surface area contributed by atoms with Crippen LogP contribution in [-0.2, 0) is 0 Å². The zero-order valence-corrected chi connectivity index (χ0v) is 29.6. The van der Waals surface area contributed by atoms with Gasteiger partial charge in [-0.1, -0.05) is 133 Å². The lowest BCUT2D eigenvalue weighted by Gasteiger charge is -2.13. The van der Waals surface area contributed by atoms with Gasteiger partial charge in [0.15, 0.2) is 0 Å². The van der Waals surface area contributed by atoms with E-state index in [0.717, 1.165) is 11.4 Å². The smallest absolute Gasteiger partial charge is 0.0635 e. The molecule has 11 rings (SSSR count). The molecule has 3 aromatic heterocycles. The summed E-state index contributed by atoms with van der Waals surface area (Å²) < 4.78 is 7.48. The quantitative estimate of drug-likeness (QED) is 0.170. The number of para-hydroxylation sites is 1. The molecule has 0 fully saturated rings. The summed E-state index contributed by atoms with van der Waals surface area (Å²) in [5, 5.41) is 6.40. The highest BCUT2D eigenvalue weighted by molar-refractivity contribution is 7.26. The lowest BCUT2D eigenvalue weighted by atomic mass is 9.98. The van der Waals surface area contributed by atoms with Crippen LogP contribution in [0.3, 0.4) is 0 Å². The Morgan fingerprint density at radius 3 is 1.77 bits per heavy atom. The summed E-state index contributed by atoms with van der Waals surface area (Å²) in [4.78, 5) is 0. The molecule has 0 saturated carbocycles. The minimum atomic E-state index is 1.14. The Labute approximate surface area is 311 Å². The molecule has 53 heavy (non-hydrogen) atoms. The van der Waals surface area contributed by atoms with Crippen molar-refractivity contribution >= 4 is 64.2 Å². The minimum Gasteiger partial charge on any atom is -0.316 e. The number of thiophene rings is 1. The molecular weight excluding hydrogens is 661 g/mol. The molecule has 0 atom stereocenters. The van der Waals surface area contributed by atoms with E-state index in [4.69, 9.17) is 0 Å². The molecule has 0 amide bonds. The van der Waals surface area contributed by atoms with Crippen molar-refractivity contribution < 1.29 is 0 Å². The minimum absolute atomic E-state index is 1.14. The van der Waals surface area contributed by atoms with E-state index in [1.54, 1.807) is 0 Å². The molecule has 0 bridgehead atoms. The summed E-state index contributed by atoms with van der Waals surface area (Å²) in [7, 11) is 0. The van der Waals surface area contributed by atoms with Crippen molar-refractivity contribution in [1.82, 2.24) is 9.13 Å². The van der Waals surface area contributed by atoms with Gasteiger partial charge in [-0.3, -0.25) is 0 Å². The second-order valence-corrected chi connectivity index (χ2v) is 14.8. The van der Waals surface area contributed by atoms with Crippen LogP contribution >= 0.6 is 11.3 Å². The van der Waals surface area contributed by atoms with Crippen molar-refractivity contribution in [2.75, 3.05) is 0 Å². The van der Waals surface area contributed by atoms with E-state index in [2.05, 4.69) is 203 Å². The highest BCUT2D eigenvalue weighted by atomic mass is 32.1. The lowest BCUT2D eigenvalue weighted by Crippen LogP contribution is -1.96. The molecule has 3 heteroatoms. The Kier molecular flexibility index (Phi) is 6.76. The molecule has 3 heterocycles. The zero-order chi connectivity index (χ0) is 34.9. The van der Waals surface area contributed by atoms with Gasteiger partial charge in [-0.25, -0.2) is 0 Å². The Balaban J connectivity index is 1.09. The van der Waals surface area contributed by atoms with E-state index in [1.165, 1.54) is 86.3 Å². The van der Waals surface area contributed by atoms with Crippen molar-refractivity contribution in [3.63, 3.8) is 0 Å². The number of rotatable bonds is 5. The number of nitrogens with zero attached hydrogens (tertiary/aromatic N) is 2. The van der Waals surface area contributed by atoms with Gasteiger partial charge in [-0.2, -0.15) is 0 Å². The summed E-state index contributed by atoms with van der Waals surface area (Å²) in [6.45, 7) is 0. The van der Waals surface area contributed by atoms with E-state index in [0.29, 0.717) is 0 Å². The molecule has 0 aliphatic rings. The molecule has 0 saturated heterocycles. The Hall–Kier alpha value is -6.68. The van der Waals surface area contributed by atoms with Gasteiger partial charge in [0.1, 0.15) is 0 Å². The predicted octanol–water partition coefficient (Wildman–Crippen LogP) is 14.1. The summed E-state index contributed by atoms with van der Waals surface area (Å²) in [6.07, 6.45) is 2.24. The molecule has 11 aromatic rings. The average Bonchev–Trinajstić information content (AvgIpc) is 3.94. The first kappa shape index (κ1) is 30.0. The number of aromatic nitrogens is 2. The molecule has 8 aromatic carbocycles. The second-order valence-electron chi connectivity index (χ2n) is 13.8. The topological polar surface area (TPSA) is 9.86 Å². The molecule has 0 N–H and O–H groups in total. The Bertz CT molecular complexity index is 3090. The van der Waals surface area contributed by atoms with E-state index in [9.17, 15) is 0 Å². The highest BCUT2D eigenvalue weighted by Crippen LogP contribution is 2.42. The maximum atomic E-state index is 2.46. The molecule has 0 aliphatic heterocycles. The number of hydrogen-bond donors (Lipinski definition) is 0. The normalized spacial score (nSPS) is 11.8. The Morgan fingerprint density at radius 1 is 0.358 bits per heavy atom. The monoisotopic (exact) mass is 692 g/mol. The molecular formula is C50H32N2S. The fourth-order valence-electron chi connectivity index (χ4n) is 8.28. The van der Waals surface area contributed by atoms with Crippen LogP contribution < -0.4 is 0 Å². The average molecular weight is 693 g/mol. The fraction of sp³-hybridized carbons (Fsp3) is 0. The molecule has 0 spiro atoms. The summed E-state index contributed by atoms with van der Waals surface area (Å²) >= 11 is 1.88. The number of benzene rings is 8. The van der Waals surface area contributed by atoms with Crippen LogP contribution in [0.5, 0.6) is 0 Å². The number of fused-ring (bicyclic) bond motifs is 8. The molecule has 248 valence electrons.